The molecular formula is C14H16FNOS. The van der Waals surface area contributed by atoms with E-state index in [-0.39, 0.29) is 17.5 Å². The molecule has 0 aliphatic heterocycles. The molecule has 2 aromatic rings. The molecule has 18 heavy (non-hydrogen) atoms. The second-order valence-corrected chi connectivity index (χ2v) is 5.14. The van der Waals surface area contributed by atoms with Crippen LogP contribution in [-0.2, 0) is 6.42 Å². The predicted molar refractivity (Wildman–Crippen MR) is 72.8 cm³/mol. The third kappa shape index (κ3) is 2.89. The van der Waals surface area contributed by atoms with E-state index in [4.69, 9.17) is 10.5 Å². The molecule has 0 radical (unpaired) electrons. The van der Waals surface area contributed by atoms with E-state index in [1.165, 1.54) is 18.1 Å². The predicted octanol–water partition coefficient (Wildman–Crippen LogP) is 3.18. The van der Waals surface area contributed by atoms with Gasteiger partial charge in [-0.2, -0.15) is 0 Å². The van der Waals surface area contributed by atoms with Crippen LogP contribution in [-0.4, -0.2) is 13.7 Å². The highest BCUT2D eigenvalue weighted by Gasteiger charge is 2.13. The number of methoxy groups -OCH3 is 1. The van der Waals surface area contributed by atoms with Gasteiger partial charge in [0.2, 0.25) is 0 Å². The fourth-order valence-electron chi connectivity index (χ4n) is 1.95. The Morgan fingerprint density at radius 3 is 2.78 bits per heavy atom. The van der Waals surface area contributed by atoms with Crippen LogP contribution in [0.4, 0.5) is 4.39 Å². The van der Waals surface area contributed by atoms with Gasteiger partial charge in [-0.25, -0.2) is 4.39 Å². The molecule has 0 amide bonds. The SMILES string of the molecule is COc1ccc(C(CN)Cc2cccs2)cc1F. The maximum atomic E-state index is 13.7. The molecule has 0 aliphatic carbocycles. The molecule has 2 N–H and O–H groups in total. The third-order valence-corrected chi connectivity index (χ3v) is 3.86. The summed E-state index contributed by atoms with van der Waals surface area (Å²) >= 11 is 1.70. The Labute approximate surface area is 110 Å². The highest BCUT2D eigenvalue weighted by Crippen LogP contribution is 2.26. The van der Waals surface area contributed by atoms with Crippen molar-refractivity contribution in [2.75, 3.05) is 13.7 Å². The Morgan fingerprint density at radius 2 is 2.22 bits per heavy atom. The molecule has 0 bridgehead atoms. The van der Waals surface area contributed by atoms with Gasteiger partial charge in [-0.05, 0) is 42.1 Å². The van der Waals surface area contributed by atoms with Crippen molar-refractivity contribution in [1.29, 1.82) is 0 Å². The van der Waals surface area contributed by atoms with E-state index in [2.05, 4.69) is 6.07 Å². The van der Waals surface area contributed by atoms with E-state index < -0.39 is 0 Å². The number of nitrogens with two attached hydrogens (primary N) is 1. The van der Waals surface area contributed by atoms with Gasteiger partial charge in [0, 0.05) is 10.8 Å². The fourth-order valence-corrected chi connectivity index (χ4v) is 2.73. The van der Waals surface area contributed by atoms with Crippen LogP contribution in [0.3, 0.4) is 0 Å². The number of halogens is 1. The molecule has 1 aromatic carbocycles. The van der Waals surface area contributed by atoms with Crippen LogP contribution >= 0.6 is 11.3 Å². The van der Waals surface area contributed by atoms with Crippen molar-refractivity contribution >= 4 is 11.3 Å². The first-order valence-electron chi connectivity index (χ1n) is 5.80. The summed E-state index contributed by atoms with van der Waals surface area (Å²) in [5.74, 6) is 0.0781. The van der Waals surface area contributed by atoms with Gasteiger partial charge in [-0.3, -0.25) is 0 Å². The summed E-state index contributed by atoms with van der Waals surface area (Å²) in [6.45, 7) is 0.504. The summed E-state index contributed by atoms with van der Waals surface area (Å²) in [5, 5.41) is 2.04. The second kappa shape index (κ2) is 5.98. The normalized spacial score (nSPS) is 12.4. The Bertz CT molecular complexity index is 499. The Balaban J connectivity index is 2.19. The lowest BCUT2D eigenvalue weighted by atomic mass is 9.95. The summed E-state index contributed by atoms with van der Waals surface area (Å²) in [6.07, 6.45) is 0.847. The molecule has 96 valence electrons. The first-order chi connectivity index (χ1) is 8.74. The minimum Gasteiger partial charge on any atom is -0.494 e. The van der Waals surface area contributed by atoms with Crippen molar-refractivity contribution in [1.82, 2.24) is 0 Å². The van der Waals surface area contributed by atoms with Crippen LogP contribution in [0.25, 0.3) is 0 Å². The van der Waals surface area contributed by atoms with Crippen molar-refractivity contribution in [2.24, 2.45) is 5.73 Å². The molecule has 1 aromatic heterocycles. The number of thiophene rings is 1. The van der Waals surface area contributed by atoms with Crippen molar-refractivity contribution < 1.29 is 9.13 Å². The monoisotopic (exact) mass is 265 g/mol. The van der Waals surface area contributed by atoms with Crippen molar-refractivity contribution in [3.63, 3.8) is 0 Å². The van der Waals surface area contributed by atoms with Crippen molar-refractivity contribution in [3.05, 3.63) is 52.0 Å². The van der Waals surface area contributed by atoms with Gasteiger partial charge >= 0.3 is 0 Å². The number of benzene rings is 1. The minimum absolute atomic E-state index is 0.143. The van der Waals surface area contributed by atoms with Gasteiger partial charge < -0.3 is 10.5 Å². The van der Waals surface area contributed by atoms with Crippen LogP contribution < -0.4 is 10.5 Å². The van der Waals surface area contributed by atoms with E-state index in [0.717, 1.165) is 12.0 Å². The van der Waals surface area contributed by atoms with Crippen LogP contribution in [0.1, 0.15) is 16.4 Å². The van der Waals surface area contributed by atoms with Crippen LogP contribution in [0.15, 0.2) is 35.7 Å². The largest absolute Gasteiger partial charge is 0.494 e. The Hall–Kier alpha value is -1.39. The summed E-state index contributed by atoms with van der Waals surface area (Å²) < 4.78 is 18.6. The zero-order valence-electron chi connectivity index (χ0n) is 10.2. The zero-order chi connectivity index (χ0) is 13.0. The molecule has 1 unspecified atom stereocenters. The zero-order valence-corrected chi connectivity index (χ0v) is 11.0. The molecule has 1 heterocycles. The lowest BCUT2D eigenvalue weighted by molar-refractivity contribution is 0.386. The fraction of sp³-hybridized carbons (Fsp3) is 0.286. The van der Waals surface area contributed by atoms with Crippen molar-refractivity contribution in [2.45, 2.75) is 12.3 Å². The van der Waals surface area contributed by atoms with E-state index in [1.54, 1.807) is 17.4 Å². The molecule has 0 spiro atoms. The molecule has 4 heteroatoms. The first-order valence-corrected chi connectivity index (χ1v) is 6.68. The maximum absolute atomic E-state index is 13.7. The highest BCUT2D eigenvalue weighted by atomic mass is 32.1. The Kier molecular flexibility index (Phi) is 4.33. The average molecular weight is 265 g/mol. The number of hydrogen-bond donors (Lipinski definition) is 1. The van der Waals surface area contributed by atoms with Gasteiger partial charge in [-0.1, -0.05) is 12.1 Å². The average Bonchev–Trinajstić information content (AvgIpc) is 2.88. The molecule has 2 rings (SSSR count). The van der Waals surface area contributed by atoms with E-state index >= 15 is 0 Å². The number of hydrogen-bond acceptors (Lipinski definition) is 3. The molecule has 0 fully saturated rings. The molecule has 2 nitrogen and oxygen atoms in total. The summed E-state index contributed by atoms with van der Waals surface area (Å²) in [6, 6.07) is 9.15. The van der Waals surface area contributed by atoms with Gasteiger partial charge in [0.05, 0.1) is 7.11 Å². The summed E-state index contributed by atoms with van der Waals surface area (Å²) in [4.78, 5) is 1.27. The molecule has 0 saturated carbocycles. The molecule has 1 atom stereocenters. The quantitative estimate of drug-likeness (QED) is 0.901. The number of ether oxygens (including phenoxy) is 1. The highest BCUT2D eigenvalue weighted by molar-refractivity contribution is 7.09. The Morgan fingerprint density at radius 1 is 1.39 bits per heavy atom. The molecule has 0 aliphatic rings. The molecular weight excluding hydrogens is 249 g/mol. The van der Waals surface area contributed by atoms with Crippen LogP contribution in [0.5, 0.6) is 5.75 Å². The first kappa shape index (κ1) is 13.1. The summed E-state index contributed by atoms with van der Waals surface area (Å²) in [7, 11) is 1.46. The maximum Gasteiger partial charge on any atom is 0.165 e. The van der Waals surface area contributed by atoms with Crippen LogP contribution in [0, 0.1) is 5.82 Å². The van der Waals surface area contributed by atoms with E-state index in [1.807, 2.05) is 17.5 Å². The lowest BCUT2D eigenvalue weighted by Crippen LogP contribution is -2.14. The third-order valence-electron chi connectivity index (χ3n) is 2.96. The smallest absolute Gasteiger partial charge is 0.165 e. The minimum atomic E-state index is -0.334. The molecule has 0 saturated heterocycles. The van der Waals surface area contributed by atoms with Gasteiger partial charge in [0.1, 0.15) is 0 Å². The van der Waals surface area contributed by atoms with E-state index in [9.17, 15) is 4.39 Å². The van der Waals surface area contributed by atoms with Gasteiger partial charge in [-0.15, -0.1) is 11.3 Å². The van der Waals surface area contributed by atoms with Gasteiger partial charge in [0.25, 0.3) is 0 Å². The van der Waals surface area contributed by atoms with E-state index in [0.29, 0.717) is 6.54 Å². The standard InChI is InChI=1S/C14H16FNOS/c1-17-14-5-4-10(8-13(14)15)11(9-16)7-12-3-2-6-18-12/h2-6,8,11H,7,9,16H2,1H3. The van der Waals surface area contributed by atoms with Crippen LogP contribution in [0.2, 0.25) is 0 Å². The topological polar surface area (TPSA) is 35.2 Å². The number of rotatable bonds is 5. The van der Waals surface area contributed by atoms with Gasteiger partial charge in [0.15, 0.2) is 11.6 Å². The lowest BCUT2D eigenvalue weighted by Gasteiger charge is -2.15. The van der Waals surface area contributed by atoms with Crippen molar-refractivity contribution in [3.8, 4) is 5.75 Å². The summed E-state index contributed by atoms with van der Waals surface area (Å²) in [5.41, 5.74) is 6.71. The second-order valence-electron chi connectivity index (χ2n) is 4.11.